The van der Waals surface area contributed by atoms with E-state index in [1.54, 1.807) is 7.05 Å². The van der Waals surface area contributed by atoms with Crippen molar-refractivity contribution >= 4 is 22.6 Å². The lowest BCUT2D eigenvalue weighted by Crippen LogP contribution is -2.43. The van der Waals surface area contributed by atoms with Crippen LogP contribution in [-0.4, -0.2) is 47.8 Å². The van der Waals surface area contributed by atoms with Gasteiger partial charge in [-0.05, 0) is 41.7 Å². The second-order valence-electron chi connectivity index (χ2n) is 6.62. The van der Waals surface area contributed by atoms with E-state index in [0.717, 1.165) is 25.8 Å². The first-order valence-electron chi connectivity index (χ1n) is 8.74. The van der Waals surface area contributed by atoms with Crippen LogP contribution >= 0.6 is 0 Å². The highest BCUT2D eigenvalue weighted by molar-refractivity contribution is 5.91. The van der Waals surface area contributed by atoms with Crippen molar-refractivity contribution in [3.63, 3.8) is 0 Å². The summed E-state index contributed by atoms with van der Waals surface area (Å²) in [6.45, 7) is 4.35. The molecule has 0 spiro atoms. The number of likely N-dealkylation sites (tertiary alicyclic amines) is 1. The Labute approximate surface area is 148 Å². The van der Waals surface area contributed by atoms with Crippen molar-refractivity contribution in [3.05, 3.63) is 60.7 Å². The van der Waals surface area contributed by atoms with E-state index < -0.39 is 0 Å². The normalized spacial score (nSPS) is 16.8. The molecule has 0 saturated carbocycles. The minimum atomic E-state index is -0.224. The largest absolute Gasteiger partial charge is 0.338 e. The van der Waals surface area contributed by atoms with E-state index in [-0.39, 0.29) is 24.4 Å². The molecule has 1 aliphatic heterocycles. The van der Waals surface area contributed by atoms with E-state index in [4.69, 9.17) is 0 Å². The minimum Gasteiger partial charge on any atom is -0.338 e. The van der Waals surface area contributed by atoms with Crippen LogP contribution in [0.3, 0.4) is 0 Å². The molecule has 1 unspecified atom stereocenters. The van der Waals surface area contributed by atoms with Gasteiger partial charge in [-0.15, -0.1) is 0 Å². The Balaban J connectivity index is 1.74. The van der Waals surface area contributed by atoms with Crippen LogP contribution in [0, 0.1) is 0 Å². The molecule has 1 aliphatic rings. The molecule has 25 heavy (non-hydrogen) atoms. The van der Waals surface area contributed by atoms with Gasteiger partial charge in [-0.1, -0.05) is 49.0 Å². The Morgan fingerprint density at radius 1 is 1.24 bits per heavy atom. The molecule has 2 aromatic rings. The number of hydrogen-bond donors (Lipinski definition) is 0. The molecule has 0 bridgehead atoms. The molecular formula is C21H24N2O2. The highest BCUT2D eigenvalue weighted by Crippen LogP contribution is 2.25. The maximum Gasteiger partial charge on any atom is 0.246 e. The topological polar surface area (TPSA) is 40.6 Å². The fourth-order valence-electron chi connectivity index (χ4n) is 3.63. The molecule has 2 amide bonds. The Kier molecular flexibility index (Phi) is 5.17. The Hall–Kier alpha value is -2.62. The first-order valence-corrected chi connectivity index (χ1v) is 8.74. The summed E-state index contributed by atoms with van der Waals surface area (Å²) >= 11 is 0. The van der Waals surface area contributed by atoms with E-state index in [9.17, 15) is 9.59 Å². The maximum absolute atomic E-state index is 12.6. The van der Waals surface area contributed by atoms with Crippen molar-refractivity contribution in [1.29, 1.82) is 0 Å². The molecule has 1 saturated heterocycles. The monoisotopic (exact) mass is 336 g/mol. The summed E-state index contributed by atoms with van der Waals surface area (Å²) in [6, 6.07) is 14.9. The first-order chi connectivity index (χ1) is 12.1. The van der Waals surface area contributed by atoms with Gasteiger partial charge in [-0.25, -0.2) is 0 Å². The molecule has 2 aromatic carbocycles. The number of carbonyl (C=O) groups is 2. The highest BCUT2D eigenvalue weighted by Gasteiger charge is 2.29. The molecule has 3 rings (SSSR count). The molecule has 4 heteroatoms. The van der Waals surface area contributed by atoms with E-state index in [0.29, 0.717) is 0 Å². The van der Waals surface area contributed by atoms with Gasteiger partial charge in [0.05, 0.1) is 6.54 Å². The van der Waals surface area contributed by atoms with Gasteiger partial charge in [0.15, 0.2) is 0 Å². The number of hydrogen-bond acceptors (Lipinski definition) is 2. The van der Waals surface area contributed by atoms with Crippen molar-refractivity contribution in [2.24, 2.45) is 0 Å². The predicted molar refractivity (Wildman–Crippen MR) is 100 cm³/mol. The number of likely N-dealkylation sites (N-methyl/N-ethyl adjacent to an activating group) is 1. The van der Waals surface area contributed by atoms with Crippen LogP contribution in [-0.2, 0) is 16.0 Å². The van der Waals surface area contributed by atoms with Gasteiger partial charge in [0.2, 0.25) is 11.8 Å². The third-order valence-corrected chi connectivity index (χ3v) is 4.96. The van der Waals surface area contributed by atoms with Gasteiger partial charge in [0.25, 0.3) is 0 Å². The summed E-state index contributed by atoms with van der Waals surface area (Å²) in [7, 11) is 1.64. The standard InChI is InChI=1S/C21H24N2O2/c1-3-20(24)22(2)15-21(25)23-13-7-11-18(23)14-17-10-6-9-16-8-4-5-12-19(16)17/h3-6,8-10,12,18H,1,7,11,13-15H2,2H3. The minimum absolute atomic E-state index is 0.0143. The Morgan fingerprint density at radius 2 is 2.00 bits per heavy atom. The maximum atomic E-state index is 12.6. The molecule has 0 N–H and O–H groups in total. The quantitative estimate of drug-likeness (QED) is 0.788. The van der Waals surface area contributed by atoms with Crippen molar-refractivity contribution in [2.45, 2.75) is 25.3 Å². The average Bonchev–Trinajstić information content (AvgIpc) is 3.09. The molecule has 0 aromatic heterocycles. The van der Waals surface area contributed by atoms with Crippen molar-refractivity contribution < 1.29 is 9.59 Å². The average molecular weight is 336 g/mol. The highest BCUT2D eigenvalue weighted by atomic mass is 16.2. The summed E-state index contributed by atoms with van der Waals surface area (Å²) in [6.07, 6.45) is 4.12. The SMILES string of the molecule is C=CC(=O)N(C)CC(=O)N1CCCC1Cc1cccc2ccccc12. The molecule has 1 heterocycles. The molecule has 130 valence electrons. The molecular weight excluding hydrogens is 312 g/mol. The van der Waals surface area contributed by atoms with E-state index >= 15 is 0 Å². The van der Waals surface area contributed by atoms with Crippen LogP contribution < -0.4 is 0 Å². The van der Waals surface area contributed by atoms with E-state index in [2.05, 4.69) is 43.0 Å². The summed E-state index contributed by atoms with van der Waals surface area (Å²) < 4.78 is 0. The van der Waals surface area contributed by atoms with Gasteiger partial charge in [0, 0.05) is 19.6 Å². The van der Waals surface area contributed by atoms with Crippen LogP contribution in [0.1, 0.15) is 18.4 Å². The Morgan fingerprint density at radius 3 is 2.80 bits per heavy atom. The zero-order valence-corrected chi connectivity index (χ0v) is 14.6. The molecule has 4 nitrogen and oxygen atoms in total. The first kappa shape index (κ1) is 17.2. The third-order valence-electron chi connectivity index (χ3n) is 4.96. The lowest BCUT2D eigenvalue weighted by atomic mass is 9.97. The number of carbonyl (C=O) groups excluding carboxylic acids is 2. The summed E-state index contributed by atoms with van der Waals surface area (Å²) in [5, 5.41) is 2.48. The van der Waals surface area contributed by atoms with Gasteiger partial charge < -0.3 is 9.80 Å². The molecule has 0 aliphatic carbocycles. The van der Waals surface area contributed by atoms with Gasteiger partial charge >= 0.3 is 0 Å². The number of nitrogens with zero attached hydrogens (tertiary/aromatic N) is 2. The van der Waals surface area contributed by atoms with Crippen LogP contribution in [0.4, 0.5) is 0 Å². The molecule has 1 fully saturated rings. The van der Waals surface area contributed by atoms with Crippen LogP contribution in [0.15, 0.2) is 55.1 Å². The fourth-order valence-corrected chi connectivity index (χ4v) is 3.63. The zero-order valence-electron chi connectivity index (χ0n) is 14.6. The van der Waals surface area contributed by atoms with Crippen molar-refractivity contribution in [2.75, 3.05) is 20.1 Å². The van der Waals surface area contributed by atoms with Gasteiger partial charge in [-0.2, -0.15) is 0 Å². The number of benzene rings is 2. The molecule has 1 atom stereocenters. The summed E-state index contributed by atoms with van der Waals surface area (Å²) in [5.41, 5.74) is 1.28. The lowest BCUT2D eigenvalue weighted by Gasteiger charge is -2.27. The fraction of sp³-hybridized carbons (Fsp3) is 0.333. The third kappa shape index (κ3) is 3.73. The lowest BCUT2D eigenvalue weighted by molar-refractivity contribution is -0.137. The smallest absolute Gasteiger partial charge is 0.246 e. The predicted octanol–water partition coefficient (Wildman–Crippen LogP) is 3.02. The second-order valence-corrected chi connectivity index (χ2v) is 6.62. The van der Waals surface area contributed by atoms with Crippen molar-refractivity contribution in [3.8, 4) is 0 Å². The number of rotatable bonds is 5. The molecule has 0 radical (unpaired) electrons. The van der Waals surface area contributed by atoms with E-state index in [1.807, 2.05) is 11.0 Å². The summed E-state index contributed by atoms with van der Waals surface area (Å²) in [4.78, 5) is 27.6. The van der Waals surface area contributed by atoms with Crippen LogP contribution in [0.2, 0.25) is 0 Å². The number of amides is 2. The number of fused-ring (bicyclic) bond motifs is 1. The van der Waals surface area contributed by atoms with Gasteiger partial charge in [0.1, 0.15) is 0 Å². The Bertz CT molecular complexity index is 794. The zero-order chi connectivity index (χ0) is 17.8. The van der Waals surface area contributed by atoms with Crippen molar-refractivity contribution in [1.82, 2.24) is 9.80 Å². The van der Waals surface area contributed by atoms with Crippen LogP contribution in [0.25, 0.3) is 10.8 Å². The van der Waals surface area contributed by atoms with E-state index in [1.165, 1.54) is 27.3 Å². The van der Waals surface area contributed by atoms with Gasteiger partial charge in [-0.3, -0.25) is 9.59 Å². The van der Waals surface area contributed by atoms with Crippen LogP contribution in [0.5, 0.6) is 0 Å². The summed E-state index contributed by atoms with van der Waals surface area (Å²) in [5.74, 6) is -0.210. The second kappa shape index (κ2) is 7.51.